The molecule has 0 aliphatic heterocycles. The summed E-state index contributed by atoms with van der Waals surface area (Å²) in [5.41, 5.74) is 6.00. The Kier molecular flexibility index (Phi) is 52.8. The van der Waals surface area contributed by atoms with E-state index in [2.05, 4.69) is 124 Å². The number of amides is 12. The van der Waals surface area contributed by atoms with Crippen molar-refractivity contribution < 1.29 is 105 Å². The van der Waals surface area contributed by atoms with Crippen LogP contribution in [0, 0.1) is 5.41 Å². The third-order valence-electron chi connectivity index (χ3n) is 13.3. The van der Waals surface area contributed by atoms with Crippen LogP contribution in [0.2, 0.25) is 0 Å². The Balaban J connectivity index is 2.72. The summed E-state index contributed by atoms with van der Waals surface area (Å²) in [6.45, 7) is 4.48. The van der Waals surface area contributed by atoms with Crippen LogP contribution in [-0.4, -0.2) is 285 Å². The van der Waals surface area contributed by atoms with Crippen molar-refractivity contribution >= 4 is 133 Å². The van der Waals surface area contributed by atoms with E-state index in [0.29, 0.717) is 78.0 Å². The Bertz CT molecular complexity index is 2690. The Hall–Kier alpha value is -7.36. The second-order valence-corrected chi connectivity index (χ2v) is 22.9. The summed E-state index contributed by atoms with van der Waals surface area (Å²) in [5, 5.41) is 48.5. The van der Waals surface area contributed by atoms with Crippen LogP contribution in [0.1, 0.15) is 51.0 Å². The van der Waals surface area contributed by atoms with Gasteiger partial charge in [-0.15, -0.1) is 0 Å². The smallest absolute Gasteiger partial charge is 0.305 e. The summed E-state index contributed by atoms with van der Waals surface area (Å²) in [5.74, 6) is -6.68. The number of nitrogens with two attached hydrogens (primary N) is 2. The molecular formula is C59H100N16O22S4. The molecule has 1 rings (SSSR count). The Morgan fingerprint density at radius 2 is 0.842 bits per heavy atom. The maximum Gasteiger partial charge on any atom is 0.305 e. The van der Waals surface area contributed by atoms with Gasteiger partial charge in [0.15, 0.2) is 5.96 Å². The molecule has 0 unspecified atom stereocenters. The first-order valence-corrected chi connectivity index (χ1v) is 34.5. The van der Waals surface area contributed by atoms with Gasteiger partial charge in [0.25, 0.3) is 5.24 Å². The van der Waals surface area contributed by atoms with Gasteiger partial charge < -0.3 is 113 Å². The molecule has 0 aliphatic rings. The number of nitrogens with one attached hydrogen (secondary N) is 14. The molecule has 0 aromatic heterocycles. The molecule has 19 N–H and O–H groups in total. The largest absolute Gasteiger partial charge is 0.481 e. The summed E-state index contributed by atoms with van der Waals surface area (Å²) in [7, 11) is 0. The van der Waals surface area contributed by atoms with E-state index in [1.165, 1.54) is 0 Å². The van der Waals surface area contributed by atoms with Crippen LogP contribution in [0.4, 0.5) is 4.79 Å². The number of carbonyl (C=O) groups is 13. The van der Waals surface area contributed by atoms with Gasteiger partial charge in [-0.3, -0.25) is 72.6 Å². The van der Waals surface area contributed by atoms with Gasteiger partial charge in [0.1, 0.15) is 62.1 Å². The number of guanidine groups is 1. The average molecular weight is 1510 g/mol. The van der Waals surface area contributed by atoms with Crippen LogP contribution in [0.25, 0.3) is 0 Å². The number of benzene rings is 1. The molecule has 1 aromatic rings. The fourth-order valence-electron chi connectivity index (χ4n) is 8.33. The standard InChI is InChI=1S/C59H100N16O22S4/c1-2-90-18-17-66-52(83)43(35-98)72-54(85)41(29-38-9-4-3-5-10-38)71-57(88)45(37-100)74-55(86)42(30-50(80)81)69-46(76)31-68-51(82)39(12-8-14-67-58(60)61)70-56(87)44(36-99)73-53(84)40(75-59(89)101)11-6-7-13-63-47(77)32-96-33-48(78)64-15-19-91-21-23-93-25-27-95-28-26-94-24-22-92-20-16-65-49(79)34-97-62/h3-5,9-10,39-45,98-100H,2,6-8,11-37,62H2,1H3,(H,63,77)(H,64,78)(H,65,79)(H,66,83)(H,68,82)(H,69,76)(H,70,87)(H,71,88)(H,72,85)(H,73,84)(H,74,86)(H,80,81)(H4,60,61,67)(H2,75,89,101)/t39-,40-,41-,42-,43-,44-,45-/m0/s1. The Labute approximate surface area is 607 Å². The molecule has 0 heterocycles. The molecule has 7 atom stereocenters. The second kappa shape index (κ2) is 58.2. The van der Waals surface area contributed by atoms with Crippen LogP contribution in [0.3, 0.4) is 0 Å². The Morgan fingerprint density at radius 1 is 0.436 bits per heavy atom. The average Bonchev–Trinajstić information content (AvgIpc) is 0.870. The summed E-state index contributed by atoms with van der Waals surface area (Å²) >= 11 is 16.3. The molecule has 0 saturated carbocycles. The van der Waals surface area contributed by atoms with Crippen molar-refractivity contribution in [2.75, 3.05) is 156 Å². The first-order chi connectivity index (χ1) is 48.5. The lowest BCUT2D eigenvalue weighted by Gasteiger charge is -2.26. The van der Waals surface area contributed by atoms with Crippen molar-refractivity contribution in [1.82, 2.24) is 69.1 Å². The van der Waals surface area contributed by atoms with Crippen LogP contribution >= 0.6 is 50.5 Å². The normalized spacial score (nSPS) is 13.0. The number of hydrogen-bond acceptors (Lipinski definition) is 26. The topological polar surface area (TPSA) is 548 Å². The highest BCUT2D eigenvalue weighted by Crippen LogP contribution is 2.08. The van der Waals surface area contributed by atoms with Crippen molar-refractivity contribution in [3.8, 4) is 0 Å². The molecule has 42 heteroatoms. The van der Waals surface area contributed by atoms with Gasteiger partial charge in [-0.1, -0.05) is 43.0 Å². The number of carboxylic acid groups (broad SMARTS) is 1. The van der Waals surface area contributed by atoms with Crippen LogP contribution in [0.15, 0.2) is 30.3 Å². The number of ether oxygens (including phenoxy) is 7. The quantitative estimate of drug-likeness (QED) is 0.00948. The minimum absolute atomic E-state index is 0.00326. The van der Waals surface area contributed by atoms with E-state index in [1.54, 1.807) is 37.3 Å². The third-order valence-corrected chi connectivity index (χ3v) is 14.6. The van der Waals surface area contributed by atoms with E-state index in [9.17, 15) is 67.4 Å². The minimum Gasteiger partial charge on any atom is -0.481 e. The van der Waals surface area contributed by atoms with Crippen LogP contribution in [-0.2, 0) is 102 Å². The first kappa shape index (κ1) is 91.7. The van der Waals surface area contributed by atoms with Crippen molar-refractivity contribution in [2.45, 2.75) is 94.2 Å². The fraction of sp³-hybridized carbons (Fsp3) is 0.661. The SMILES string of the molecule is CCOCCNC(=O)[C@H](CS)NC(=O)[C@H](Cc1ccccc1)NC(=O)[C@H](CS)NC(=O)[C@H](CC(=O)O)NC(=O)CNC(=O)[C@H](CCCNC(=N)N)NC(=O)[C@H](CS)NC(=O)[C@H](CCCCNC(=O)COCC(=O)NCCOCCOCCOCCOCCOCCNC(=O)CON)NC(=O)S. The number of carboxylic acids is 1. The van der Waals surface area contributed by atoms with E-state index in [0.717, 1.165) is 0 Å². The molecule has 1 aromatic carbocycles. The minimum atomic E-state index is -1.86. The summed E-state index contributed by atoms with van der Waals surface area (Å²) < 4.78 is 37.4. The highest BCUT2D eigenvalue weighted by Gasteiger charge is 2.33. The lowest BCUT2D eigenvalue weighted by Crippen LogP contribution is -2.60. The molecule has 0 aliphatic carbocycles. The first-order valence-electron chi connectivity index (χ1n) is 32.2. The van der Waals surface area contributed by atoms with Gasteiger partial charge in [0.05, 0.1) is 85.6 Å². The third kappa shape index (κ3) is 46.7. The van der Waals surface area contributed by atoms with E-state index >= 15 is 0 Å². The summed E-state index contributed by atoms with van der Waals surface area (Å²) in [6.07, 6.45) is -0.607. The molecule has 572 valence electrons. The molecule has 0 spiro atoms. The van der Waals surface area contributed by atoms with E-state index in [-0.39, 0.29) is 102 Å². The summed E-state index contributed by atoms with van der Waals surface area (Å²) in [4.78, 5) is 172. The molecular weight excluding hydrogens is 1410 g/mol. The van der Waals surface area contributed by atoms with Gasteiger partial charge in [-0.05, 0) is 44.6 Å². The van der Waals surface area contributed by atoms with Crippen molar-refractivity contribution in [3.05, 3.63) is 35.9 Å². The van der Waals surface area contributed by atoms with Crippen LogP contribution < -0.4 is 80.7 Å². The molecule has 12 amide bonds. The van der Waals surface area contributed by atoms with Gasteiger partial charge in [0.2, 0.25) is 65.0 Å². The fourth-order valence-corrected chi connectivity index (χ4v) is 9.25. The highest BCUT2D eigenvalue weighted by atomic mass is 32.1. The monoisotopic (exact) mass is 1510 g/mol. The van der Waals surface area contributed by atoms with Crippen molar-refractivity contribution in [1.29, 1.82) is 5.41 Å². The van der Waals surface area contributed by atoms with E-state index in [1.807, 2.05) is 0 Å². The zero-order chi connectivity index (χ0) is 75.0. The van der Waals surface area contributed by atoms with Gasteiger partial charge in [0, 0.05) is 63.0 Å². The number of aliphatic carboxylic acids is 1. The number of hydrogen-bond donors (Lipinski definition) is 21. The van der Waals surface area contributed by atoms with E-state index < -0.39 is 150 Å². The van der Waals surface area contributed by atoms with Gasteiger partial charge in [-0.25, -0.2) is 5.90 Å². The predicted molar refractivity (Wildman–Crippen MR) is 376 cm³/mol. The molecule has 0 radical (unpaired) electrons. The van der Waals surface area contributed by atoms with Crippen LogP contribution in [0.5, 0.6) is 0 Å². The zero-order valence-corrected chi connectivity index (χ0v) is 59.9. The molecule has 101 heavy (non-hydrogen) atoms. The maximum absolute atomic E-state index is 13.8. The molecule has 0 saturated heterocycles. The number of thiol groups is 4. The zero-order valence-electron chi connectivity index (χ0n) is 56.3. The van der Waals surface area contributed by atoms with Crippen molar-refractivity contribution in [2.24, 2.45) is 11.6 Å². The number of unbranched alkanes of at least 4 members (excludes halogenated alkanes) is 1. The lowest BCUT2D eigenvalue weighted by atomic mass is 10.0. The lowest BCUT2D eigenvalue weighted by molar-refractivity contribution is -0.141. The predicted octanol–water partition coefficient (Wildman–Crippen LogP) is -6.55. The second-order valence-electron chi connectivity index (χ2n) is 21.4. The van der Waals surface area contributed by atoms with Crippen molar-refractivity contribution in [3.63, 3.8) is 0 Å². The molecule has 0 bridgehead atoms. The molecule has 0 fully saturated rings. The highest BCUT2D eigenvalue weighted by molar-refractivity contribution is 7.96. The molecule has 38 nitrogen and oxygen atoms in total. The Morgan fingerprint density at radius 3 is 1.34 bits per heavy atom. The maximum atomic E-state index is 13.8. The van der Waals surface area contributed by atoms with Gasteiger partial charge >= 0.3 is 5.97 Å². The summed E-state index contributed by atoms with van der Waals surface area (Å²) in [6, 6.07) is -1.47. The number of rotatable bonds is 60. The van der Waals surface area contributed by atoms with Gasteiger partial charge in [-0.2, -0.15) is 37.9 Å². The number of carbonyl (C=O) groups excluding carboxylic acids is 12. The van der Waals surface area contributed by atoms with E-state index in [4.69, 9.17) is 50.2 Å².